The summed E-state index contributed by atoms with van der Waals surface area (Å²) in [5.41, 5.74) is 0.522. The van der Waals surface area contributed by atoms with Crippen LogP contribution in [0, 0.1) is 0 Å². The van der Waals surface area contributed by atoms with Gasteiger partial charge in [0.2, 0.25) is 0 Å². The Morgan fingerprint density at radius 2 is 2.37 bits per heavy atom. The molecule has 0 aromatic carbocycles. The van der Waals surface area contributed by atoms with E-state index in [9.17, 15) is 4.79 Å². The molecule has 19 heavy (non-hydrogen) atoms. The molecule has 0 aliphatic carbocycles. The minimum atomic E-state index is -0.0389. The first-order valence-corrected chi connectivity index (χ1v) is 6.86. The summed E-state index contributed by atoms with van der Waals surface area (Å²) < 4.78 is 5.34. The van der Waals surface area contributed by atoms with E-state index < -0.39 is 0 Å². The van der Waals surface area contributed by atoms with Gasteiger partial charge in [-0.15, -0.1) is 0 Å². The van der Waals surface area contributed by atoms with Crippen LogP contribution in [0.5, 0.6) is 0 Å². The molecule has 1 aromatic heterocycles. The van der Waals surface area contributed by atoms with Crippen LogP contribution in [-0.2, 0) is 4.74 Å². The lowest BCUT2D eigenvalue weighted by atomic mass is 10.2. The number of hydrogen-bond acceptors (Lipinski definition) is 4. The lowest BCUT2D eigenvalue weighted by Gasteiger charge is -2.19. The van der Waals surface area contributed by atoms with Gasteiger partial charge in [0.15, 0.2) is 0 Å². The number of hydrogen-bond donors (Lipinski definition) is 1. The lowest BCUT2D eigenvalue weighted by molar-refractivity contribution is 0.0741. The zero-order valence-electron chi connectivity index (χ0n) is 11.0. The third-order valence-electron chi connectivity index (χ3n) is 2.94. The van der Waals surface area contributed by atoms with Gasteiger partial charge in [0, 0.05) is 32.4 Å². The summed E-state index contributed by atoms with van der Waals surface area (Å²) in [7, 11) is 0. The first kappa shape index (κ1) is 14.1. The van der Waals surface area contributed by atoms with Gasteiger partial charge in [-0.3, -0.25) is 4.79 Å². The van der Waals surface area contributed by atoms with Crippen molar-refractivity contribution >= 4 is 23.3 Å². The molecule has 0 unspecified atom stereocenters. The Bertz CT molecular complexity index is 446. The Balaban J connectivity index is 2.12. The predicted octanol–water partition coefficient (Wildman–Crippen LogP) is 2.03. The fourth-order valence-electron chi connectivity index (χ4n) is 1.98. The molecule has 0 atom stereocenters. The van der Waals surface area contributed by atoms with Crippen LogP contribution in [0.15, 0.2) is 12.3 Å². The number of ether oxygens (including phenoxy) is 1. The summed E-state index contributed by atoms with van der Waals surface area (Å²) in [6.07, 6.45) is 2.43. The van der Waals surface area contributed by atoms with Crippen LogP contribution in [0.25, 0.3) is 0 Å². The summed E-state index contributed by atoms with van der Waals surface area (Å²) >= 11 is 6.10. The fourth-order valence-corrected chi connectivity index (χ4v) is 2.22. The number of halogens is 1. The van der Waals surface area contributed by atoms with Crippen molar-refractivity contribution in [2.75, 3.05) is 38.2 Å². The van der Waals surface area contributed by atoms with Gasteiger partial charge in [0.25, 0.3) is 5.91 Å². The van der Waals surface area contributed by atoms with E-state index in [-0.39, 0.29) is 5.91 Å². The molecule has 2 heterocycles. The molecule has 1 fully saturated rings. The summed E-state index contributed by atoms with van der Waals surface area (Å²) in [4.78, 5) is 18.3. The molecule has 1 N–H and O–H groups in total. The average molecular weight is 284 g/mol. The minimum absolute atomic E-state index is 0.0389. The smallest absolute Gasteiger partial charge is 0.255 e. The number of carbonyl (C=O) groups excluding carboxylic acids is 1. The van der Waals surface area contributed by atoms with Gasteiger partial charge >= 0.3 is 0 Å². The van der Waals surface area contributed by atoms with Crippen molar-refractivity contribution in [3.63, 3.8) is 0 Å². The Morgan fingerprint density at radius 3 is 3.11 bits per heavy atom. The van der Waals surface area contributed by atoms with Crippen molar-refractivity contribution < 1.29 is 9.53 Å². The third kappa shape index (κ3) is 3.58. The molecule has 0 saturated carbocycles. The van der Waals surface area contributed by atoms with Crippen molar-refractivity contribution in [2.24, 2.45) is 0 Å². The number of pyridine rings is 1. The van der Waals surface area contributed by atoms with Crippen molar-refractivity contribution in [1.29, 1.82) is 0 Å². The highest BCUT2D eigenvalue weighted by Crippen LogP contribution is 2.21. The molecular formula is C13H18ClN3O2. The van der Waals surface area contributed by atoms with Gasteiger partial charge in [0.1, 0.15) is 5.82 Å². The Hall–Kier alpha value is -1.33. The first-order valence-electron chi connectivity index (χ1n) is 6.49. The van der Waals surface area contributed by atoms with Crippen molar-refractivity contribution in [3.05, 3.63) is 22.8 Å². The molecular weight excluding hydrogens is 266 g/mol. The van der Waals surface area contributed by atoms with Gasteiger partial charge in [-0.05, 0) is 19.4 Å². The predicted molar refractivity (Wildman–Crippen MR) is 74.8 cm³/mol. The SMILES string of the molecule is CCNc1ncc(C(=O)N2CCCOCC2)cc1Cl. The second-order valence-corrected chi connectivity index (χ2v) is 4.75. The number of rotatable bonds is 3. The van der Waals surface area contributed by atoms with E-state index in [0.717, 1.165) is 13.0 Å². The molecule has 1 aromatic rings. The van der Waals surface area contributed by atoms with Gasteiger partial charge < -0.3 is 15.0 Å². The molecule has 1 aliphatic rings. The fraction of sp³-hybridized carbons (Fsp3) is 0.538. The third-order valence-corrected chi connectivity index (χ3v) is 3.23. The Morgan fingerprint density at radius 1 is 1.53 bits per heavy atom. The highest BCUT2D eigenvalue weighted by Gasteiger charge is 2.18. The number of anilines is 1. The van der Waals surface area contributed by atoms with E-state index >= 15 is 0 Å². The number of aromatic nitrogens is 1. The molecule has 1 aliphatic heterocycles. The van der Waals surface area contributed by atoms with E-state index in [1.165, 1.54) is 0 Å². The van der Waals surface area contributed by atoms with E-state index in [1.54, 1.807) is 17.2 Å². The van der Waals surface area contributed by atoms with Crippen LogP contribution in [0.1, 0.15) is 23.7 Å². The van der Waals surface area contributed by atoms with Gasteiger partial charge in [-0.2, -0.15) is 0 Å². The van der Waals surface area contributed by atoms with E-state index in [4.69, 9.17) is 16.3 Å². The molecule has 5 nitrogen and oxygen atoms in total. The van der Waals surface area contributed by atoms with Crippen molar-refractivity contribution in [1.82, 2.24) is 9.88 Å². The largest absolute Gasteiger partial charge is 0.380 e. The lowest BCUT2D eigenvalue weighted by Crippen LogP contribution is -2.33. The maximum atomic E-state index is 12.3. The van der Waals surface area contributed by atoms with Crippen LogP contribution < -0.4 is 5.32 Å². The number of amides is 1. The summed E-state index contributed by atoms with van der Waals surface area (Å²) in [5.74, 6) is 0.572. The van der Waals surface area contributed by atoms with Crippen LogP contribution in [0.2, 0.25) is 5.02 Å². The molecule has 104 valence electrons. The second-order valence-electron chi connectivity index (χ2n) is 4.34. The van der Waals surface area contributed by atoms with Crippen molar-refractivity contribution in [3.8, 4) is 0 Å². The maximum absolute atomic E-state index is 12.3. The van der Waals surface area contributed by atoms with Crippen LogP contribution in [-0.4, -0.2) is 48.6 Å². The van der Waals surface area contributed by atoms with Crippen LogP contribution in [0.3, 0.4) is 0 Å². The Kier molecular flexibility index (Phi) is 4.99. The molecule has 0 bridgehead atoms. The zero-order valence-corrected chi connectivity index (χ0v) is 11.7. The number of nitrogens with one attached hydrogen (secondary N) is 1. The van der Waals surface area contributed by atoms with E-state index in [1.807, 2.05) is 6.92 Å². The molecule has 6 heteroatoms. The standard InChI is InChI=1S/C13H18ClN3O2/c1-2-15-12-11(14)8-10(9-16-12)13(18)17-4-3-6-19-7-5-17/h8-9H,2-7H2,1H3,(H,15,16). The summed E-state index contributed by atoms with van der Waals surface area (Å²) in [6, 6.07) is 1.67. The maximum Gasteiger partial charge on any atom is 0.255 e. The number of carbonyl (C=O) groups is 1. The van der Waals surface area contributed by atoms with Crippen molar-refractivity contribution in [2.45, 2.75) is 13.3 Å². The monoisotopic (exact) mass is 283 g/mol. The molecule has 1 saturated heterocycles. The van der Waals surface area contributed by atoms with Crippen LogP contribution in [0.4, 0.5) is 5.82 Å². The topological polar surface area (TPSA) is 54.5 Å². The molecule has 0 radical (unpaired) electrons. The highest BCUT2D eigenvalue weighted by molar-refractivity contribution is 6.33. The van der Waals surface area contributed by atoms with Gasteiger partial charge in [-0.1, -0.05) is 11.6 Å². The molecule has 2 rings (SSSR count). The first-order chi connectivity index (χ1) is 9.22. The normalized spacial score (nSPS) is 16.0. The number of nitrogens with zero attached hydrogens (tertiary/aromatic N) is 2. The van der Waals surface area contributed by atoms with Gasteiger partial charge in [0.05, 0.1) is 17.2 Å². The highest BCUT2D eigenvalue weighted by atomic mass is 35.5. The second kappa shape index (κ2) is 6.73. The van der Waals surface area contributed by atoms with E-state index in [0.29, 0.717) is 42.7 Å². The zero-order chi connectivity index (χ0) is 13.7. The van der Waals surface area contributed by atoms with Gasteiger partial charge in [-0.25, -0.2) is 4.98 Å². The molecule has 0 spiro atoms. The van der Waals surface area contributed by atoms with Crippen LogP contribution >= 0.6 is 11.6 Å². The average Bonchev–Trinajstić information content (AvgIpc) is 2.69. The quantitative estimate of drug-likeness (QED) is 0.922. The minimum Gasteiger partial charge on any atom is -0.380 e. The summed E-state index contributed by atoms with van der Waals surface area (Å²) in [5, 5.41) is 3.51. The van der Waals surface area contributed by atoms with E-state index in [2.05, 4.69) is 10.3 Å². The molecule has 1 amide bonds. The summed E-state index contributed by atoms with van der Waals surface area (Å²) in [6.45, 7) is 5.33. The Labute approximate surface area is 117 Å².